The van der Waals surface area contributed by atoms with Crippen molar-refractivity contribution in [3.63, 3.8) is 0 Å². The van der Waals surface area contributed by atoms with Crippen molar-refractivity contribution in [2.75, 3.05) is 45.4 Å². The number of carbonyl (C=O) groups is 2. The van der Waals surface area contributed by atoms with Crippen LogP contribution in [-0.4, -0.2) is 73.8 Å². The number of halogens is 2. The van der Waals surface area contributed by atoms with Gasteiger partial charge < -0.3 is 24.4 Å². The Bertz CT molecular complexity index is 764. The van der Waals surface area contributed by atoms with Gasteiger partial charge in [-0.2, -0.15) is 0 Å². The van der Waals surface area contributed by atoms with E-state index in [9.17, 15) is 18.4 Å². The predicted octanol–water partition coefficient (Wildman–Crippen LogP) is 2.20. The van der Waals surface area contributed by atoms with E-state index >= 15 is 0 Å². The van der Waals surface area contributed by atoms with Crippen molar-refractivity contribution in [2.24, 2.45) is 0 Å². The van der Waals surface area contributed by atoms with Gasteiger partial charge in [0.25, 0.3) is 17.7 Å². The minimum Gasteiger partial charge on any atom is -0.473 e. The molecule has 1 aromatic heterocycles. The summed E-state index contributed by atoms with van der Waals surface area (Å²) in [6, 6.07) is 0. The minimum atomic E-state index is -2.71. The molecule has 0 bridgehead atoms. The van der Waals surface area contributed by atoms with Crippen LogP contribution >= 0.6 is 0 Å². The summed E-state index contributed by atoms with van der Waals surface area (Å²) in [5.41, 5.74) is -1.25. The third kappa shape index (κ3) is 5.99. The van der Waals surface area contributed by atoms with Crippen LogP contribution in [0.2, 0.25) is 0 Å². The number of amides is 1. The van der Waals surface area contributed by atoms with E-state index in [1.54, 1.807) is 18.7 Å². The number of anilines is 1. The quantitative estimate of drug-likeness (QED) is 0.433. The second-order valence-electron chi connectivity index (χ2n) is 7.30. The highest BCUT2D eigenvalue weighted by molar-refractivity contribution is 5.96. The molecule has 174 valence electrons. The summed E-state index contributed by atoms with van der Waals surface area (Å²) in [6.07, 6.45) is 1.29. The average molecular weight is 444 g/mol. The van der Waals surface area contributed by atoms with Crippen molar-refractivity contribution in [3.8, 4) is 5.88 Å². The number of nitrogens with zero attached hydrogens (tertiary/aromatic N) is 3. The molecule has 0 spiro atoms. The molecule has 31 heavy (non-hydrogen) atoms. The number of hydrogen-bond acceptors (Lipinski definition) is 8. The topological polar surface area (TPSA) is 103 Å². The molecule has 1 fully saturated rings. The number of piperidine rings is 1. The standard InChI is InChI=1S/C20H30F2N4O5/c1-5-19(6-2,18(28)30-4)25-16(27)14-13-23-15(17(24-14)31-12-11-29-3)26-9-7-20(21,22)8-10-26/h13H,5-12H2,1-4H3,(H,25,27). The molecular weight excluding hydrogens is 414 g/mol. The fraction of sp³-hybridized carbons (Fsp3) is 0.700. The SMILES string of the molecule is CCC(CC)(NC(=O)c1cnc(N2CCC(F)(F)CC2)c(OCCOC)n1)C(=O)OC. The maximum absolute atomic E-state index is 13.5. The van der Waals surface area contributed by atoms with Gasteiger partial charge >= 0.3 is 5.97 Å². The molecule has 1 saturated heterocycles. The van der Waals surface area contributed by atoms with Gasteiger partial charge in [0.2, 0.25) is 0 Å². The molecule has 1 N–H and O–H groups in total. The van der Waals surface area contributed by atoms with Gasteiger partial charge in [0.15, 0.2) is 11.5 Å². The second kappa shape index (κ2) is 10.7. The minimum absolute atomic E-state index is 0.0478. The van der Waals surface area contributed by atoms with Crippen LogP contribution in [0.1, 0.15) is 50.0 Å². The number of carbonyl (C=O) groups excluding carboxylic acids is 2. The second-order valence-corrected chi connectivity index (χ2v) is 7.30. The van der Waals surface area contributed by atoms with Gasteiger partial charge in [-0.25, -0.2) is 23.5 Å². The summed E-state index contributed by atoms with van der Waals surface area (Å²) in [4.78, 5) is 35.3. The molecule has 1 aromatic rings. The Balaban J connectivity index is 2.29. The zero-order chi connectivity index (χ0) is 23.1. The Morgan fingerprint density at radius 3 is 2.39 bits per heavy atom. The fourth-order valence-corrected chi connectivity index (χ4v) is 3.30. The third-order valence-corrected chi connectivity index (χ3v) is 5.41. The van der Waals surface area contributed by atoms with Gasteiger partial charge in [0.1, 0.15) is 12.1 Å². The number of rotatable bonds is 10. The lowest BCUT2D eigenvalue weighted by Crippen LogP contribution is -2.54. The van der Waals surface area contributed by atoms with Crippen molar-refractivity contribution in [2.45, 2.75) is 51.0 Å². The molecule has 0 radical (unpaired) electrons. The summed E-state index contributed by atoms with van der Waals surface area (Å²) in [5, 5.41) is 2.69. The number of alkyl halides is 2. The van der Waals surface area contributed by atoms with Crippen molar-refractivity contribution < 1.29 is 32.6 Å². The Labute approximate surface area is 180 Å². The van der Waals surface area contributed by atoms with Crippen molar-refractivity contribution in [1.29, 1.82) is 0 Å². The van der Waals surface area contributed by atoms with E-state index in [1.807, 2.05) is 0 Å². The van der Waals surface area contributed by atoms with E-state index in [-0.39, 0.29) is 56.5 Å². The molecule has 0 atom stereocenters. The van der Waals surface area contributed by atoms with E-state index in [4.69, 9.17) is 14.2 Å². The number of aromatic nitrogens is 2. The van der Waals surface area contributed by atoms with Crippen molar-refractivity contribution in [1.82, 2.24) is 15.3 Å². The Morgan fingerprint density at radius 1 is 1.19 bits per heavy atom. The summed E-state index contributed by atoms with van der Waals surface area (Å²) in [7, 11) is 2.77. The largest absolute Gasteiger partial charge is 0.473 e. The van der Waals surface area contributed by atoms with E-state index in [1.165, 1.54) is 20.4 Å². The van der Waals surface area contributed by atoms with E-state index in [0.717, 1.165) is 0 Å². The van der Waals surface area contributed by atoms with Crippen molar-refractivity contribution >= 4 is 17.7 Å². The summed E-state index contributed by atoms with van der Waals surface area (Å²) in [6.45, 7) is 4.12. The molecule has 0 saturated carbocycles. The number of esters is 1. The molecule has 1 aliphatic heterocycles. The molecule has 2 heterocycles. The highest BCUT2D eigenvalue weighted by atomic mass is 19.3. The lowest BCUT2D eigenvalue weighted by atomic mass is 9.92. The van der Waals surface area contributed by atoms with Gasteiger partial charge in [0.05, 0.1) is 19.9 Å². The highest BCUT2D eigenvalue weighted by Crippen LogP contribution is 2.33. The maximum Gasteiger partial charge on any atom is 0.331 e. The van der Waals surface area contributed by atoms with Crippen LogP contribution in [0.25, 0.3) is 0 Å². The first-order valence-electron chi connectivity index (χ1n) is 10.2. The van der Waals surface area contributed by atoms with E-state index in [2.05, 4.69) is 15.3 Å². The first kappa shape index (κ1) is 24.7. The molecule has 0 unspecified atom stereocenters. The molecule has 0 aliphatic carbocycles. The summed E-state index contributed by atoms with van der Waals surface area (Å²) < 4.78 is 42.5. The first-order chi connectivity index (χ1) is 14.7. The van der Waals surface area contributed by atoms with Crippen LogP contribution in [-0.2, 0) is 14.3 Å². The lowest BCUT2D eigenvalue weighted by Gasteiger charge is -2.33. The Kier molecular flexibility index (Phi) is 8.49. The van der Waals surface area contributed by atoms with Gasteiger partial charge in [-0.05, 0) is 12.8 Å². The lowest BCUT2D eigenvalue weighted by molar-refractivity contribution is -0.148. The van der Waals surface area contributed by atoms with Gasteiger partial charge in [0, 0.05) is 33.0 Å². The third-order valence-electron chi connectivity index (χ3n) is 5.41. The van der Waals surface area contributed by atoms with Crippen LogP contribution in [0.4, 0.5) is 14.6 Å². The number of ether oxygens (including phenoxy) is 3. The molecule has 1 amide bonds. The fourth-order valence-electron chi connectivity index (χ4n) is 3.30. The van der Waals surface area contributed by atoms with Crippen LogP contribution in [0, 0.1) is 0 Å². The van der Waals surface area contributed by atoms with Gasteiger partial charge in [-0.15, -0.1) is 0 Å². The predicted molar refractivity (Wildman–Crippen MR) is 109 cm³/mol. The van der Waals surface area contributed by atoms with Crippen LogP contribution < -0.4 is 15.0 Å². The summed E-state index contributed by atoms with van der Waals surface area (Å²) >= 11 is 0. The van der Waals surface area contributed by atoms with Crippen LogP contribution in [0.3, 0.4) is 0 Å². The normalized spacial score (nSPS) is 16.0. The molecular formula is C20H30F2N4O5. The average Bonchev–Trinajstić information content (AvgIpc) is 2.77. The van der Waals surface area contributed by atoms with Crippen LogP contribution in [0.15, 0.2) is 6.20 Å². The molecule has 1 aliphatic rings. The van der Waals surface area contributed by atoms with Gasteiger partial charge in [-0.3, -0.25) is 4.79 Å². The smallest absolute Gasteiger partial charge is 0.331 e. The molecule has 9 nitrogen and oxygen atoms in total. The zero-order valence-corrected chi connectivity index (χ0v) is 18.4. The van der Waals surface area contributed by atoms with E-state index in [0.29, 0.717) is 12.8 Å². The zero-order valence-electron chi connectivity index (χ0n) is 18.4. The number of nitrogens with one attached hydrogen (secondary N) is 1. The Morgan fingerprint density at radius 2 is 1.84 bits per heavy atom. The highest BCUT2D eigenvalue weighted by Gasteiger charge is 2.39. The molecule has 11 heteroatoms. The van der Waals surface area contributed by atoms with Crippen LogP contribution in [0.5, 0.6) is 5.88 Å². The summed E-state index contributed by atoms with van der Waals surface area (Å²) in [5.74, 6) is -3.55. The number of hydrogen-bond donors (Lipinski definition) is 1. The number of methoxy groups -OCH3 is 2. The first-order valence-corrected chi connectivity index (χ1v) is 10.2. The monoisotopic (exact) mass is 444 g/mol. The molecule has 2 rings (SSSR count). The Hall–Kier alpha value is -2.56. The van der Waals surface area contributed by atoms with E-state index < -0.39 is 23.3 Å². The maximum atomic E-state index is 13.5. The van der Waals surface area contributed by atoms with Crippen molar-refractivity contribution in [3.05, 3.63) is 11.9 Å². The van der Waals surface area contributed by atoms with Gasteiger partial charge in [-0.1, -0.05) is 13.8 Å². The molecule has 0 aromatic carbocycles.